The van der Waals surface area contributed by atoms with Crippen molar-refractivity contribution >= 4 is 11.6 Å². The number of aliphatic hydroxyl groups excluding tert-OH is 1. The van der Waals surface area contributed by atoms with Gasteiger partial charge in [-0.25, -0.2) is 0 Å². The van der Waals surface area contributed by atoms with Gasteiger partial charge in [-0.15, -0.1) is 0 Å². The fourth-order valence-corrected chi connectivity index (χ4v) is 4.48. The third kappa shape index (κ3) is 7.16. The van der Waals surface area contributed by atoms with Gasteiger partial charge in [0.1, 0.15) is 11.6 Å². The molecule has 1 aromatic rings. The maximum absolute atomic E-state index is 12.4. The monoisotopic (exact) mass is 386 g/mol. The van der Waals surface area contributed by atoms with Crippen LogP contribution in [0.4, 0.5) is 0 Å². The van der Waals surface area contributed by atoms with E-state index in [1.807, 2.05) is 12.1 Å². The lowest BCUT2D eigenvalue weighted by molar-refractivity contribution is -0.121. The summed E-state index contributed by atoms with van der Waals surface area (Å²) in [7, 11) is 0. The quantitative estimate of drug-likeness (QED) is 0.405. The van der Waals surface area contributed by atoms with Crippen molar-refractivity contribution in [3.63, 3.8) is 0 Å². The van der Waals surface area contributed by atoms with E-state index >= 15 is 0 Å². The van der Waals surface area contributed by atoms with Crippen LogP contribution in [0.1, 0.15) is 114 Å². The van der Waals surface area contributed by atoms with Gasteiger partial charge in [-0.3, -0.25) is 4.79 Å². The molecule has 3 nitrogen and oxygen atoms in total. The molecule has 3 unspecified atom stereocenters. The average molecular weight is 387 g/mol. The number of aliphatic hydroxyl groups is 1. The fraction of sp³-hybridized carbons (Fsp3) is 0.680. The Labute approximate surface area is 170 Å². The van der Waals surface area contributed by atoms with Crippen LogP contribution in [0.25, 0.3) is 0 Å². The zero-order valence-corrected chi connectivity index (χ0v) is 17.8. The van der Waals surface area contributed by atoms with Crippen LogP contribution in [0.2, 0.25) is 0 Å². The van der Waals surface area contributed by atoms with E-state index in [1.165, 1.54) is 12.0 Å². The molecule has 3 heteroatoms. The van der Waals surface area contributed by atoms with E-state index in [-0.39, 0.29) is 17.8 Å². The molecule has 1 aromatic carbocycles. The number of unbranched alkanes of at least 4 members (excludes halogenated alkanes) is 5. The van der Waals surface area contributed by atoms with Crippen molar-refractivity contribution in [2.24, 2.45) is 5.92 Å². The Balaban J connectivity index is 1.84. The van der Waals surface area contributed by atoms with Gasteiger partial charge in [0.25, 0.3) is 0 Å². The molecule has 28 heavy (non-hydrogen) atoms. The molecule has 3 atom stereocenters. The maximum atomic E-state index is 12.4. The minimum Gasteiger partial charge on any atom is -0.388 e. The van der Waals surface area contributed by atoms with Gasteiger partial charge in [-0.2, -0.15) is 0 Å². The van der Waals surface area contributed by atoms with Gasteiger partial charge in [-0.05, 0) is 49.7 Å². The molecule has 1 saturated carbocycles. The SMILES string of the molecule is CCCCCC(O)c1ccc(C2CCC(=O)C2CCCCCCC(C)=O)cc1. The first-order chi connectivity index (χ1) is 13.5. The number of hydrogen-bond acceptors (Lipinski definition) is 3. The number of rotatable bonds is 13. The highest BCUT2D eigenvalue weighted by Crippen LogP contribution is 2.40. The molecular formula is C25H38O3. The predicted molar refractivity (Wildman–Crippen MR) is 114 cm³/mol. The predicted octanol–water partition coefficient (Wildman–Crippen LogP) is 6.29. The average Bonchev–Trinajstić information content (AvgIpc) is 3.05. The summed E-state index contributed by atoms with van der Waals surface area (Å²) < 4.78 is 0. The lowest BCUT2D eigenvalue weighted by Gasteiger charge is -2.20. The van der Waals surface area contributed by atoms with Crippen LogP contribution in [0.15, 0.2) is 24.3 Å². The topological polar surface area (TPSA) is 54.4 Å². The molecule has 0 spiro atoms. The molecule has 0 heterocycles. The third-order valence-electron chi connectivity index (χ3n) is 6.23. The Bertz CT molecular complexity index is 605. The second kappa shape index (κ2) is 12.2. The van der Waals surface area contributed by atoms with Crippen molar-refractivity contribution in [2.45, 2.75) is 103 Å². The molecule has 1 N–H and O–H groups in total. The smallest absolute Gasteiger partial charge is 0.136 e. The third-order valence-corrected chi connectivity index (χ3v) is 6.23. The van der Waals surface area contributed by atoms with E-state index in [0.717, 1.165) is 63.4 Å². The number of benzene rings is 1. The molecule has 1 fully saturated rings. The summed E-state index contributed by atoms with van der Waals surface area (Å²) in [5.41, 5.74) is 2.24. The molecule has 1 aliphatic rings. The number of carbonyl (C=O) groups is 2. The van der Waals surface area contributed by atoms with Gasteiger partial charge >= 0.3 is 0 Å². The van der Waals surface area contributed by atoms with Crippen molar-refractivity contribution < 1.29 is 14.7 Å². The zero-order valence-electron chi connectivity index (χ0n) is 17.8. The molecular weight excluding hydrogens is 348 g/mol. The van der Waals surface area contributed by atoms with E-state index < -0.39 is 0 Å². The van der Waals surface area contributed by atoms with Crippen LogP contribution in [0, 0.1) is 5.92 Å². The van der Waals surface area contributed by atoms with Crippen molar-refractivity contribution in [3.05, 3.63) is 35.4 Å². The zero-order chi connectivity index (χ0) is 20.4. The van der Waals surface area contributed by atoms with Gasteiger partial charge in [0, 0.05) is 18.8 Å². The van der Waals surface area contributed by atoms with Crippen LogP contribution in [0.5, 0.6) is 0 Å². The van der Waals surface area contributed by atoms with E-state index in [1.54, 1.807) is 6.92 Å². The van der Waals surface area contributed by atoms with Gasteiger partial charge in [0.15, 0.2) is 0 Å². The Hall–Kier alpha value is -1.48. The van der Waals surface area contributed by atoms with E-state index in [2.05, 4.69) is 19.1 Å². The van der Waals surface area contributed by atoms with Crippen LogP contribution in [0.3, 0.4) is 0 Å². The summed E-state index contributed by atoms with van der Waals surface area (Å²) in [6.45, 7) is 3.82. The molecule has 0 amide bonds. The first kappa shape index (κ1) is 22.8. The summed E-state index contributed by atoms with van der Waals surface area (Å²) in [5, 5.41) is 10.3. The second-order valence-corrected chi connectivity index (χ2v) is 8.55. The number of hydrogen-bond donors (Lipinski definition) is 1. The molecule has 0 bridgehead atoms. The van der Waals surface area contributed by atoms with Crippen LogP contribution in [-0.4, -0.2) is 16.7 Å². The summed E-state index contributed by atoms with van der Waals surface area (Å²) in [6.07, 6.45) is 11.3. The summed E-state index contributed by atoms with van der Waals surface area (Å²) in [4.78, 5) is 23.4. The number of ketones is 2. The van der Waals surface area contributed by atoms with Crippen molar-refractivity contribution in [1.29, 1.82) is 0 Å². The van der Waals surface area contributed by atoms with Gasteiger partial charge in [0.2, 0.25) is 0 Å². The Morgan fingerprint density at radius 3 is 2.46 bits per heavy atom. The normalized spacial score (nSPS) is 20.5. The summed E-state index contributed by atoms with van der Waals surface area (Å²) >= 11 is 0. The van der Waals surface area contributed by atoms with Crippen LogP contribution >= 0.6 is 0 Å². The minimum absolute atomic E-state index is 0.146. The Kier molecular flexibility index (Phi) is 9.91. The highest BCUT2D eigenvalue weighted by Gasteiger charge is 2.34. The van der Waals surface area contributed by atoms with Crippen LogP contribution in [-0.2, 0) is 9.59 Å². The molecule has 0 aromatic heterocycles. The Morgan fingerprint density at radius 2 is 1.79 bits per heavy atom. The minimum atomic E-state index is -0.378. The standard InChI is InChI=1S/C25H38O3/c1-3-4-7-12-24(27)21-15-13-20(14-16-21)22-17-18-25(28)23(22)11-9-6-5-8-10-19(2)26/h13-16,22-24,27H,3-12,17-18H2,1-2H3. The molecule has 1 aliphatic carbocycles. The van der Waals surface area contributed by atoms with Gasteiger partial charge in [0.05, 0.1) is 6.10 Å². The van der Waals surface area contributed by atoms with Crippen LogP contribution < -0.4 is 0 Å². The molecule has 0 saturated heterocycles. The molecule has 0 aliphatic heterocycles. The lowest BCUT2D eigenvalue weighted by Crippen LogP contribution is -2.13. The summed E-state index contributed by atoms with van der Waals surface area (Å²) in [5.74, 6) is 1.16. The van der Waals surface area contributed by atoms with Crippen molar-refractivity contribution in [3.8, 4) is 0 Å². The van der Waals surface area contributed by atoms with Gasteiger partial charge in [-0.1, -0.05) is 69.7 Å². The highest BCUT2D eigenvalue weighted by molar-refractivity contribution is 5.84. The summed E-state index contributed by atoms with van der Waals surface area (Å²) in [6, 6.07) is 8.35. The number of Topliss-reactive ketones (excluding diaryl/α,β-unsaturated/α-hetero) is 2. The lowest BCUT2D eigenvalue weighted by atomic mass is 9.84. The highest BCUT2D eigenvalue weighted by atomic mass is 16.3. The molecule has 0 radical (unpaired) electrons. The molecule has 2 rings (SSSR count). The van der Waals surface area contributed by atoms with Gasteiger partial charge < -0.3 is 9.90 Å². The largest absolute Gasteiger partial charge is 0.388 e. The fourth-order valence-electron chi connectivity index (χ4n) is 4.48. The first-order valence-corrected chi connectivity index (χ1v) is 11.3. The van der Waals surface area contributed by atoms with Crippen molar-refractivity contribution in [2.75, 3.05) is 0 Å². The number of carbonyl (C=O) groups excluding carboxylic acids is 2. The second-order valence-electron chi connectivity index (χ2n) is 8.55. The molecule has 156 valence electrons. The van der Waals surface area contributed by atoms with E-state index in [0.29, 0.717) is 24.5 Å². The maximum Gasteiger partial charge on any atom is 0.136 e. The Morgan fingerprint density at radius 1 is 1.07 bits per heavy atom. The van der Waals surface area contributed by atoms with E-state index in [9.17, 15) is 14.7 Å². The van der Waals surface area contributed by atoms with E-state index in [4.69, 9.17) is 0 Å². The van der Waals surface area contributed by atoms with Crippen molar-refractivity contribution in [1.82, 2.24) is 0 Å². The first-order valence-electron chi connectivity index (χ1n) is 11.3.